The van der Waals surface area contributed by atoms with E-state index in [1.165, 1.54) is 0 Å². The van der Waals surface area contributed by atoms with Gasteiger partial charge in [0.2, 0.25) is 5.92 Å². The molecule has 0 atom stereocenters. The van der Waals surface area contributed by atoms with Crippen LogP contribution in [0.15, 0.2) is 12.1 Å². The van der Waals surface area contributed by atoms with E-state index in [0.29, 0.717) is 31.8 Å². The summed E-state index contributed by atoms with van der Waals surface area (Å²) in [6.07, 6.45) is 0.377. The second-order valence-corrected chi connectivity index (χ2v) is 6.33. The minimum atomic E-state index is -2.54. The zero-order valence-corrected chi connectivity index (χ0v) is 13.5. The predicted molar refractivity (Wildman–Crippen MR) is 82.8 cm³/mol. The molecule has 0 radical (unpaired) electrons. The van der Waals surface area contributed by atoms with E-state index in [9.17, 15) is 13.9 Å². The summed E-state index contributed by atoms with van der Waals surface area (Å²) in [6, 6.07) is 3.49. The highest BCUT2D eigenvalue weighted by Crippen LogP contribution is 2.38. The van der Waals surface area contributed by atoms with Gasteiger partial charge in [-0.15, -0.1) is 0 Å². The quantitative estimate of drug-likeness (QED) is 0.906. The van der Waals surface area contributed by atoms with E-state index in [2.05, 4.69) is 0 Å². The zero-order valence-electron chi connectivity index (χ0n) is 13.5. The molecule has 1 aliphatic heterocycles. The van der Waals surface area contributed by atoms with Crippen molar-refractivity contribution in [1.82, 2.24) is 4.90 Å². The number of alkyl halides is 2. The highest BCUT2D eigenvalue weighted by molar-refractivity contribution is 5.51. The van der Waals surface area contributed by atoms with Crippen molar-refractivity contribution in [2.75, 3.05) is 20.2 Å². The topological polar surface area (TPSA) is 32.7 Å². The van der Waals surface area contributed by atoms with E-state index in [0.717, 1.165) is 11.1 Å². The summed E-state index contributed by atoms with van der Waals surface area (Å²) < 4.78 is 32.4. The average molecular weight is 313 g/mol. The Labute approximate surface area is 130 Å². The lowest BCUT2D eigenvalue weighted by Crippen LogP contribution is -2.26. The third-order valence-corrected chi connectivity index (χ3v) is 4.24. The number of phenolic OH excluding ortho intramolecular Hbond substituents is 1. The van der Waals surface area contributed by atoms with Crippen molar-refractivity contribution in [3.05, 3.63) is 23.3 Å². The van der Waals surface area contributed by atoms with Crippen molar-refractivity contribution in [3.63, 3.8) is 0 Å². The minimum Gasteiger partial charge on any atom is -0.508 e. The fourth-order valence-corrected chi connectivity index (χ4v) is 3.08. The number of likely N-dealkylation sites (tertiary alicyclic amines) is 1. The van der Waals surface area contributed by atoms with Crippen LogP contribution in [0.1, 0.15) is 50.2 Å². The summed E-state index contributed by atoms with van der Waals surface area (Å²) in [4.78, 5) is 2.04. The number of hydrogen-bond acceptors (Lipinski definition) is 3. The fourth-order valence-electron chi connectivity index (χ4n) is 3.08. The molecule has 124 valence electrons. The van der Waals surface area contributed by atoms with Gasteiger partial charge in [0.1, 0.15) is 11.5 Å². The maximum Gasteiger partial charge on any atom is 0.249 e. The molecule has 0 aromatic heterocycles. The molecule has 1 heterocycles. The lowest BCUT2D eigenvalue weighted by molar-refractivity contribution is -0.0132. The molecular formula is C17H25F2NO2. The molecule has 0 saturated carbocycles. The van der Waals surface area contributed by atoms with Crippen LogP contribution in [-0.2, 0) is 6.54 Å². The number of rotatable bonds is 4. The van der Waals surface area contributed by atoms with E-state index < -0.39 is 5.92 Å². The van der Waals surface area contributed by atoms with Gasteiger partial charge in [0.15, 0.2) is 0 Å². The molecule has 1 fully saturated rings. The number of aromatic hydroxyl groups is 1. The Morgan fingerprint density at radius 1 is 1.27 bits per heavy atom. The third kappa shape index (κ3) is 3.88. The van der Waals surface area contributed by atoms with Crippen molar-refractivity contribution in [1.29, 1.82) is 0 Å². The lowest BCUT2D eigenvalue weighted by atomic mass is 9.97. The van der Waals surface area contributed by atoms with Crippen molar-refractivity contribution in [2.24, 2.45) is 0 Å². The summed E-state index contributed by atoms with van der Waals surface area (Å²) in [5.74, 6) is -1.52. The molecule has 1 aliphatic rings. The molecule has 3 nitrogen and oxygen atoms in total. The largest absolute Gasteiger partial charge is 0.508 e. The first-order chi connectivity index (χ1) is 10.3. The molecule has 0 bridgehead atoms. The normalized spacial score (nSPS) is 19.2. The van der Waals surface area contributed by atoms with Gasteiger partial charge in [0.25, 0.3) is 0 Å². The van der Waals surface area contributed by atoms with Crippen LogP contribution < -0.4 is 4.74 Å². The molecule has 5 heteroatoms. The molecular weight excluding hydrogens is 288 g/mol. The smallest absolute Gasteiger partial charge is 0.249 e. The van der Waals surface area contributed by atoms with Gasteiger partial charge in [-0.2, -0.15) is 0 Å². The number of hydrogen-bond donors (Lipinski definition) is 1. The number of phenols is 1. The van der Waals surface area contributed by atoms with Gasteiger partial charge in [-0.05, 0) is 24.9 Å². The number of ether oxygens (including phenoxy) is 1. The van der Waals surface area contributed by atoms with E-state index in [1.807, 2.05) is 24.8 Å². The van der Waals surface area contributed by atoms with Crippen molar-refractivity contribution >= 4 is 0 Å². The maximum absolute atomic E-state index is 13.5. The zero-order chi connectivity index (χ0) is 16.3. The summed E-state index contributed by atoms with van der Waals surface area (Å²) in [6.45, 7) is 5.60. The monoisotopic (exact) mass is 313 g/mol. The molecule has 0 aliphatic carbocycles. The highest BCUT2D eigenvalue weighted by Gasteiger charge is 2.32. The summed E-state index contributed by atoms with van der Waals surface area (Å²) >= 11 is 0. The van der Waals surface area contributed by atoms with Crippen molar-refractivity contribution < 1.29 is 18.6 Å². The fraction of sp³-hybridized carbons (Fsp3) is 0.647. The Bertz CT molecular complexity index is 518. The third-order valence-electron chi connectivity index (χ3n) is 4.24. The molecule has 22 heavy (non-hydrogen) atoms. The predicted octanol–water partition coefficient (Wildman–Crippen LogP) is 4.15. The SMILES string of the molecule is COc1c(CN2CCCC(F)(F)CC2)ccc(O)c1C(C)C. The Balaban J connectivity index is 2.21. The van der Waals surface area contributed by atoms with Gasteiger partial charge in [-0.3, -0.25) is 4.90 Å². The van der Waals surface area contributed by atoms with Gasteiger partial charge < -0.3 is 9.84 Å². The standard InChI is InChI=1S/C17H25F2NO2/c1-12(2)15-14(21)6-5-13(16(15)22-3)11-20-9-4-7-17(18,19)8-10-20/h5-6,12,21H,4,7-11H2,1-3H3. The molecule has 1 aromatic carbocycles. The van der Waals surface area contributed by atoms with Gasteiger partial charge >= 0.3 is 0 Å². The molecule has 1 saturated heterocycles. The van der Waals surface area contributed by atoms with Crippen LogP contribution in [0.4, 0.5) is 8.78 Å². The van der Waals surface area contributed by atoms with E-state index in [1.54, 1.807) is 13.2 Å². The van der Waals surface area contributed by atoms with E-state index >= 15 is 0 Å². The van der Waals surface area contributed by atoms with E-state index in [4.69, 9.17) is 4.74 Å². The maximum atomic E-state index is 13.5. The first kappa shape index (κ1) is 17.0. The van der Waals surface area contributed by atoms with Crippen LogP contribution >= 0.6 is 0 Å². The minimum absolute atomic E-state index is 0.0343. The molecule has 0 spiro atoms. The Kier molecular flexibility index (Phi) is 5.27. The van der Waals surface area contributed by atoms with Crippen LogP contribution in [0.5, 0.6) is 11.5 Å². The second-order valence-electron chi connectivity index (χ2n) is 6.33. The first-order valence-electron chi connectivity index (χ1n) is 7.83. The number of methoxy groups -OCH3 is 1. The molecule has 0 unspecified atom stereocenters. The van der Waals surface area contributed by atoms with Gasteiger partial charge in [0, 0.05) is 37.1 Å². The van der Waals surface area contributed by atoms with Crippen molar-refractivity contribution in [2.45, 2.75) is 51.5 Å². The van der Waals surface area contributed by atoms with E-state index in [-0.39, 0.29) is 24.5 Å². The van der Waals surface area contributed by atoms with Gasteiger partial charge in [0.05, 0.1) is 7.11 Å². The summed E-state index contributed by atoms with van der Waals surface area (Å²) in [5.41, 5.74) is 1.72. The van der Waals surface area contributed by atoms with Crippen LogP contribution in [0, 0.1) is 0 Å². The lowest BCUT2D eigenvalue weighted by Gasteiger charge is -2.23. The Hall–Kier alpha value is -1.36. The average Bonchev–Trinajstić information content (AvgIpc) is 2.61. The highest BCUT2D eigenvalue weighted by atomic mass is 19.3. The number of nitrogens with zero attached hydrogens (tertiary/aromatic N) is 1. The molecule has 1 N–H and O–H groups in total. The number of halogens is 2. The first-order valence-corrected chi connectivity index (χ1v) is 7.83. The Morgan fingerprint density at radius 2 is 2.00 bits per heavy atom. The molecule has 1 aromatic rings. The Morgan fingerprint density at radius 3 is 2.64 bits per heavy atom. The van der Waals surface area contributed by atoms with Crippen molar-refractivity contribution in [3.8, 4) is 11.5 Å². The molecule has 2 rings (SSSR count). The van der Waals surface area contributed by atoms with Crippen LogP contribution in [0.2, 0.25) is 0 Å². The molecule has 0 amide bonds. The summed E-state index contributed by atoms with van der Waals surface area (Å²) in [5, 5.41) is 10.0. The van der Waals surface area contributed by atoms with Gasteiger partial charge in [-0.25, -0.2) is 8.78 Å². The van der Waals surface area contributed by atoms with Gasteiger partial charge in [-0.1, -0.05) is 19.9 Å². The summed E-state index contributed by atoms with van der Waals surface area (Å²) in [7, 11) is 1.58. The second kappa shape index (κ2) is 6.82. The van der Waals surface area contributed by atoms with Crippen LogP contribution in [-0.4, -0.2) is 36.1 Å². The van der Waals surface area contributed by atoms with Crippen LogP contribution in [0.25, 0.3) is 0 Å². The number of benzene rings is 1. The van der Waals surface area contributed by atoms with Crippen LogP contribution in [0.3, 0.4) is 0 Å².